The molecule has 0 aromatic heterocycles. The van der Waals surface area contributed by atoms with E-state index in [0.29, 0.717) is 0 Å². The van der Waals surface area contributed by atoms with Gasteiger partial charge in [0.1, 0.15) is 0 Å². The molecule has 0 saturated heterocycles. The lowest BCUT2D eigenvalue weighted by atomic mass is 10.5. The van der Waals surface area contributed by atoms with Crippen LogP contribution in [0.1, 0.15) is 61.8 Å². The standard InChI is InChI=1S/C15H33NSi/c1-9-11-12-16(10-2)17(13(3)4,14(5)6)15(7)8/h11-15H,9-10H2,1-8H3/b12-11+. The number of rotatable bonds is 7. The summed E-state index contributed by atoms with van der Waals surface area (Å²) in [5.74, 6) is 0. The summed E-state index contributed by atoms with van der Waals surface area (Å²) >= 11 is 0. The lowest BCUT2D eigenvalue weighted by Crippen LogP contribution is -2.57. The molecule has 17 heavy (non-hydrogen) atoms. The SMILES string of the molecule is CC/C=C/N(CC)[Si](C(C)C)(C(C)C)C(C)C. The van der Waals surface area contributed by atoms with Gasteiger partial charge in [0.25, 0.3) is 0 Å². The topological polar surface area (TPSA) is 3.24 Å². The molecule has 0 aromatic rings. The molecule has 0 unspecified atom stereocenters. The molecule has 0 radical (unpaired) electrons. The van der Waals surface area contributed by atoms with Gasteiger partial charge in [-0.3, -0.25) is 0 Å². The van der Waals surface area contributed by atoms with Crippen molar-refractivity contribution in [3.63, 3.8) is 0 Å². The summed E-state index contributed by atoms with van der Waals surface area (Å²) in [4.78, 5) is 0. The van der Waals surface area contributed by atoms with E-state index in [2.05, 4.69) is 72.2 Å². The van der Waals surface area contributed by atoms with Crippen LogP contribution in [0.5, 0.6) is 0 Å². The van der Waals surface area contributed by atoms with Crippen LogP contribution in [-0.2, 0) is 0 Å². The first kappa shape index (κ1) is 16.8. The van der Waals surface area contributed by atoms with Gasteiger partial charge in [-0.1, -0.05) is 54.5 Å². The van der Waals surface area contributed by atoms with Crippen LogP contribution in [-0.4, -0.2) is 19.3 Å². The lowest BCUT2D eigenvalue weighted by molar-refractivity contribution is 0.523. The molecule has 102 valence electrons. The quantitative estimate of drug-likeness (QED) is 0.550. The molecule has 0 spiro atoms. The van der Waals surface area contributed by atoms with Crippen molar-refractivity contribution in [3.05, 3.63) is 12.3 Å². The fourth-order valence-electron chi connectivity index (χ4n) is 3.74. The second-order valence-corrected chi connectivity index (χ2v) is 11.7. The minimum atomic E-state index is -1.45. The smallest absolute Gasteiger partial charge is 0.163 e. The van der Waals surface area contributed by atoms with E-state index in [9.17, 15) is 0 Å². The Morgan fingerprint density at radius 2 is 1.29 bits per heavy atom. The summed E-state index contributed by atoms with van der Waals surface area (Å²) < 4.78 is 2.70. The first-order valence-electron chi connectivity index (χ1n) is 7.28. The van der Waals surface area contributed by atoms with Crippen molar-refractivity contribution in [2.24, 2.45) is 0 Å². The molecule has 0 aromatic carbocycles. The zero-order valence-electron chi connectivity index (χ0n) is 13.2. The molecule has 0 bridgehead atoms. The van der Waals surface area contributed by atoms with Crippen LogP contribution in [0.25, 0.3) is 0 Å². The van der Waals surface area contributed by atoms with Crippen molar-refractivity contribution in [1.82, 2.24) is 4.57 Å². The Hall–Kier alpha value is -0.243. The number of allylic oxidation sites excluding steroid dienone is 1. The van der Waals surface area contributed by atoms with Crippen molar-refractivity contribution >= 4 is 8.24 Å². The summed E-state index contributed by atoms with van der Waals surface area (Å²) in [6.45, 7) is 20.2. The minimum absolute atomic E-state index is 0.795. The average Bonchev–Trinajstić information content (AvgIpc) is 2.22. The predicted octanol–water partition coefficient (Wildman–Crippen LogP) is 5.41. The largest absolute Gasteiger partial charge is 0.403 e. The third kappa shape index (κ3) is 3.37. The summed E-state index contributed by atoms with van der Waals surface area (Å²) in [5, 5.41) is 0. The highest BCUT2D eigenvalue weighted by Crippen LogP contribution is 2.43. The van der Waals surface area contributed by atoms with Gasteiger partial charge >= 0.3 is 0 Å². The molecule has 0 amide bonds. The Labute approximate surface area is 110 Å². The minimum Gasteiger partial charge on any atom is -0.403 e. The monoisotopic (exact) mass is 255 g/mol. The van der Waals surface area contributed by atoms with Crippen molar-refractivity contribution in [2.45, 2.75) is 78.4 Å². The second-order valence-electron chi connectivity index (χ2n) is 5.93. The fraction of sp³-hybridized carbons (Fsp3) is 0.867. The van der Waals surface area contributed by atoms with E-state index in [4.69, 9.17) is 0 Å². The highest BCUT2D eigenvalue weighted by Gasteiger charge is 2.46. The van der Waals surface area contributed by atoms with Crippen molar-refractivity contribution in [3.8, 4) is 0 Å². The van der Waals surface area contributed by atoms with Gasteiger partial charge in [0, 0.05) is 6.54 Å². The van der Waals surface area contributed by atoms with Crippen LogP contribution in [0.15, 0.2) is 12.3 Å². The molecule has 0 aliphatic heterocycles. The van der Waals surface area contributed by atoms with Gasteiger partial charge in [-0.15, -0.1) is 0 Å². The van der Waals surface area contributed by atoms with E-state index in [1.165, 1.54) is 0 Å². The zero-order valence-corrected chi connectivity index (χ0v) is 14.2. The number of hydrogen-bond donors (Lipinski definition) is 0. The zero-order chi connectivity index (χ0) is 13.6. The van der Waals surface area contributed by atoms with E-state index in [-0.39, 0.29) is 0 Å². The summed E-state index contributed by atoms with van der Waals surface area (Å²) in [7, 11) is -1.45. The van der Waals surface area contributed by atoms with Gasteiger partial charge in [0.05, 0.1) is 0 Å². The maximum atomic E-state index is 2.70. The van der Waals surface area contributed by atoms with E-state index in [1.54, 1.807) is 0 Å². The first-order valence-corrected chi connectivity index (χ1v) is 9.46. The molecule has 0 atom stereocenters. The second kappa shape index (κ2) is 7.25. The summed E-state index contributed by atoms with van der Waals surface area (Å²) in [6.07, 6.45) is 5.83. The molecule has 0 aliphatic carbocycles. The van der Waals surface area contributed by atoms with Crippen LogP contribution in [0.4, 0.5) is 0 Å². The van der Waals surface area contributed by atoms with Gasteiger partial charge in [0.15, 0.2) is 8.24 Å². The van der Waals surface area contributed by atoms with Crippen LogP contribution in [0.2, 0.25) is 16.6 Å². The van der Waals surface area contributed by atoms with E-state index in [1.807, 2.05) is 0 Å². The molecule has 0 aliphatic rings. The first-order chi connectivity index (χ1) is 7.85. The van der Waals surface area contributed by atoms with Gasteiger partial charge in [0.2, 0.25) is 0 Å². The Bertz CT molecular complexity index is 209. The molecule has 0 N–H and O–H groups in total. The lowest BCUT2D eigenvalue weighted by Gasteiger charge is -2.50. The highest BCUT2D eigenvalue weighted by molar-refractivity contribution is 6.81. The van der Waals surface area contributed by atoms with Crippen molar-refractivity contribution < 1.29 is 0 Å². The van der Waals surface area contributed by atoms with Crippen LogP contribution in [0.3, 0.4) is 0 Å². The van der Waals surface area contributed by atoms with Crippen LogP contribution < -0.4 is 0 Å². The Morgan fingerprint density at radius 1 is 0.882 bits per heavy atom. The molecule has 0 saturated carbocycles. The van der Waals surface area contributed by atoms with Crippen molar-refractivity contribution in [2.75, 3.05) is 6.54 Å². The van der Waals surface area contributed by atoms with Crippen LogP contribution >= 0.6 is 0 Å². The number of hydrogen-bond acceptors (Lipinski definition) is 1. The predicted molar refractivity (Wildman–Crippen MR) is 82.9 cm³/mol. The third-order valence-corrected chi connectivity index (χ3v) is 11.1. The molecular weight excluding hydrogens is 222 g/mol. The molecule has 0 heterocycles. The van der Waals surface area contributed by atoms with Gasteiger partial charge in [-0.05, 0) is 36.2 Å². The van der Waals surface area contributed by atoms with E-state index >= 15 is 0 Å². The maximum Gasteiger partial charge on any atom is 0.163 e. The molecule has 0 fully saturated rings. The summed E-state index contributed by atoms with van der Waals surface area (Å²) in [5.41, 5.74) is 2.39. The third-order valence-electron chi connectivity index (χ3n) is 4.13. The summed E-state index contributed by atoms with van der Waals surface area (Å²) in [6, 6.07) is 0. The Morgan fingerprint density at radius 3 is 1.53 bits per heavy atom. The van der Waals surface area contributed by atoms with Crippen LogP contribution in [0, 0.1) is 0 Å². The van der Waals surface area contributed by atoms with Gasteiger partial charge in [-0.25, -0.2) is 0 Å². The molecule has 0 rings (SSSR count). The normalized spacial score (nSPS) is 13.4. The van der Waals surface area contributed by atoms with Gasteiger partial charge < -0.3 is 4.57 Å². The fourth-order valence-corrected chi connectivity index (χ4v) is 10.6. The molecular formula is C15H33NSi. The molecule has 2 heteroatoms. The van der Waals surface area contributed by atoms with E-state index in [0.717, 1.165) is 29.6 Å². The molecule has 1 nitrogen and oxygen atoms in total. The van der Waals surface area contributed by atoms with Crippen molar-refractivity contribution in [1.29, 1.82) is 0 Å². The average molecular weight is 256 g/mol. The highest BCUT2D eigenvalue weighted by atomic mass is 28.3. The van der Waals surface area contributed by atoms with Gasteiger partial charge in [-0.2, -0.15) is 0 Å². The van der Waals surface area contributed by atoms with E-state index < -0.39 is 8.24 Å². The maximum absolute atomic E-state index is 2.70. The number of nitrogens with zero attached hydrogens (tertiary/aromatic N) is 1. The Kier molecular flexibility index (Phi) is 7.15. The Balaban J connectivity index is 5.46.